The maximum absolute atomic E-state index is 12.9. The van der Waals surface area contributed by atoms with Crippen LogP contribution in [0.4, 0.5) is 0 Å². The Morgan fingerprint density at radius 3 is 0.842 bits per heavy atom. The van der Waals surface area contributed by atoms with Crippen LogP contribution >= 0.6 is 7.82 Å². The number of phosphoric acid groups is 1. The fourth-order valence-electron chi connectivity index (χ4n) is 10.4. The highest BCUT2D eigenvalue weighted by molar-refractivity contribution is 7.47. The highest BCUT2D eigenvalue weighted by Crippen LogP contribution is 2.43. The highest BCUT2D eigenvalue weighted by Gasteiger charge is 2.27. The summed E-state index contributed by atoms with van der Waals surface area (Å²) < 4.78 is 34.7. The lowest BCUT2D eigenvalue weighted by Crippen LogP contribution is -2.37. The van der Waals surface area contributed by atoms with E-state index < -0.39 is 26.5 Å². The molecule has 0 fully saturated rings. The molecule has 10 heteroatoms. The number of quaternary nitrogens is 1. The smallest absolute Gasteiger partial charge is 0.462 e. The first-order valence-corrected chi connectivity index (χ1v) is 35.3. The zero-order chi connectivity index (χ0) is 55.6. The molecule has 0 saturated heterocycles. The van der Waals surface area contributed by atoms with E-state index in [0.29, 0.717) is 17.4 Å². The number of phosphoric ester groups is 1. The molecule has 0 bridgehead atoms. The summed E-state index contributed by atoms with van der Waals surface area (Å²) in [6, 6.07) is 0. The molecule has 2 atom stereocenters. The summed E-state index contributed by atoms with van der Waals surface area (Å²) in [6.07, 6.45) is 69.2. The van der Waals surface area contributed by atoms with E-state index >= 15 is 0 Å². The summed E-state index contributed by atoms with van der Waals surface area (Å²) >= 11 is 0. The minimum atomic E-state index is -4.38. The molecule has 0 spiro atoms. The third kappa shape index (κ3) is 62.2. The van der Waals surface area contributed by atoms with Crippen LogP contribution in [0.2, 0.25) is 0 Å². The van der Waals surface area contributed by atoms with E-state index in [-0.39, 0.29) is 25.6 Å². The van der Waals surface area contributed by atoms with Crippen molar-refractivity contribution in [2.24, 2.45) is 0 Å². The molecule has 0 aliphatic heterocycles. The molecule has 0 aliphatic rings. The number of nitrogens with zero attached hydrogens (tertiary/aromatic N) is 1. The fourth-order valence-corrected chi connectivity index (χ4v) is 11.2. The van der Waals surface area contributed by atoms with E-state index in [4.69, 9.17) is 18.5 Å². The molecule has 1 N–H and O–H groups in total. The topological polar surface area (TPSA) is 108 Å². The van der Waals surface area contributed by atoms with Gasteiger partial charge in [-0.2, -0.15) is 0 Å². The molecule has 2 unspecified atom stereocenters. The predicted octanol–water partition coefficient (Wildman–Crippen LogP) is 21.4. The molecule has 9 nitrogen and oxygen atoms in total. The molecule has 0 rings (SSSR count). The molecule has 0 saturated carbocycles. The number of esters is 2. The van der Waals surface area contributed by atoms with Crippen molar-refractivity contribution in [3.63, 3.8) is 0 Å². The van der Waals surface area contributed by atoms with Crippen LogP contribution < -0.4 is 0 Å². The molecule has 0 aromatic carbocycles. The lowest BCUT2D eigenvalue weighted by atomic mass is 10.0. The molecular formula is C66H133NO8P+. The Kier molecular flexibility index (Phi) is 57.9. The number of likely N-dealkylation sites (N-methyl/N-ethyl adjacent to an activating group) is 1. The normalized spacial score (nSPS) is 13.1. The van der Waals surface area contributed by atoms with Gasteiger partial charge in [-0.1, -0.05) is 335 Å². The van der Waals surface area contributed by atoms with Crippen molar-refractivity contribution in [2.75, 3.05) is 47.5 Å². The van der Waals surface area contributed by atoms with E-state index in [2.05, 4.69) is 13.8 Å². The van der Waals surface area contributed by atoms with Gasteiger partial charge in [-0.3, -0.25) is 18.6 Å². The third-order valence-corrected chi connectivity index (χ3v) is 16.6. The van der Waals surface area contributed by atoms with Crippen LogP contribution in [-0.4, -0.2) is 74.9 Å². The van der Waals surface area contributed by atoms with Gasteiger partial charge in [-0.25, -0.2) is 4.57 Å². The first-order chi connectivity index (χ1) is 37.0. The summed E-state index contributed by atoms with van der Waals surface area (Å²) in [5, 5.41) is 0. The van der Waals surface area contributed by atoms with E-state index in [1.54, 1.807) is 0 Å². The number of carbonyl (C=O) groups excluding carboxylic acids is 2. The predicted molar refractivity (Wildman–Crippen MR) is 326 cm³/mol. The van der Waals surface area contributed by atoms with Crippen LogP contribution in [0.25, 0.3) is 0 Å². The Hall–Kier alpha value is -0.990. The quantitative estimate of drug-likeness (QED) is 0.0278. The van der Waals surface area contributed by atoms with E-state index in [1.165, 1.54) is 295 Å². The van der Waals surface area contributed by atoms with Crippen molar-refractivity contribution >= 4 is 19.8 Å². The summed E-state index contributed by atoms with van der Waals surface area (Å²) in [7, 11) is 1.51. The number of ether oxygens (including phenoxy) is 2. The Morgan fingerprint density at radius 1 is 0.355 bits per heavy atom. The average molecular weight is 1100 g/mol. The zero-order valence-corrected chi connectivity index (χ0v) is 52.7. The maximum Gasteiger partial charge on any atom is 0.472 e. The van der Waals surface area contributed by atoms with Crippen molar-refractivity contribution in [1.82, 2.24) is 0 Å². The first-order valence-electron chi connectivity index (χ1n) is 33.8. The number of unbranched alkanes of at least 4 members (excludes halogenated alkanes) is 50. The summed E-state index contributed by atoms with van der Waals surface area (Å²) in [4.78, 5) is 35.8. The van der Waals surface area contributed by atoms with E-state index in [1.807, 2.05) is 21.1 Å². The van der Waals surface area contributed by atoms with Crippen molar-refractivity contribution in [1.29, 1.82) is 0 Å². The fraction of sp³-hybridized carbons (Fsp3) is 0.970. The van der Waals surface area contributed by atoms with Gasteiger partial charge in [0, 0.05) is 12.8 Å². The molecule has 0 amide bonds. The Bertz CT molecular complexity index is 1240. The van der Waals surface area contributed by atoms with Crippen LogP contribution in [0.15, 0.2) is 0 Å². The molecule has 0 radical (unpaired) electrons. The largest absolute Gasteiger partial charge is 0.472 e. The average Bonchev–Trinajstić information content (AvgIpc) is 3.38. The molecule has 76 heavy (non-hydrogen) atoms. The van der Waals surface area contributed by atoms with Gasteiger partial charge in [0.15, 0.2) is 6.10 Å². The minimum absolute atomic E-state index is 0.0376. The van der Waals surface area contributed by atoms with Crippen molar-refractivity contribution in [3.05, 3.63) is 0 Å². The van der Waals surface area contributed by atoms with Gasteiger partial charge in [-0.05, 0) is 12.8 Å². The van der Waals surface area contributed by atoms with Crippen molar-refractivity contribution < 1.29 is 42.1 Å². The number of hydrogen-bond acceptors (Lipinski definition) is 7. The number of carbonyl (C=O) groups is 2. The second-order valence-corrected chi connectivity index (χ2v) is 26.0. The van der Waals surface area contributed by atoms with Gasteiger partial charge in [-0.15, -0.1) is 0 Å². The Labute approximate surface area is 474 Å². The van der Waals surface area contributed by atoms with Crippen LogP contribution in [0.3, 0.4) is 0 Å². The molecule has 0 heterocycles. The van der Waals surface area contributed by atoms with Gasteiger partial charge in [0.05, 0.1) is 27.7 Å². The first kappa shape index (κ1) is 75.0. The molecule has 454 valence electrons. The second kappa shape index (κ2) is 58.7. The number of rotatable bonds is 64. The summed E-state index contributed by atoms with van der Waals surface area (Å²) in [5.74, 6) is -0.768. The Morgan fingerprint density at radius 2 is 0.592 bits per heavy atom. The van der Waals surface area contributed by atoms with E-state index in [0.717, 1.165) is 38.5 Å². The number of hydrogen-bond donors (Lipinski definition) is 1. The lowest BCUT2D eigenvalue weighted by molar-refractivity contribution is -0.870. The maximum atomic E-state index is 12.9. The van der Waals surface area contributed by atoms with Crippen molar-refractivity contribution in [2.45, 2.75) is 367 Å². The van der Waals surface area contributed by atoms with Crippen LogP contribution in [0.1, 0.15) is 361 Å². The third-order valence-electron chi connectivity index (χ3n) is 15.6. The lowest BCUT2D eigenvalue weighted by Gasteiger charge is -2.24. The molecular weight excluding hydrogens is 966 g/mol. The van der Waals surface area contributed by atoms with Crippen LogP contribution in [0, 0.1) is 0 Å². The summed E-state index contributed by atoms with van der Waals surface area (Å²) in [6.45, 7) is 4.53. The van der Waals surface area contributed by atoms with E-state index in [9.17, 15) is 19.0 Å². The molecule has 0 aromatic heterocycles. The molecule has 0 aliphatic carbocycles. The van der Waals surface area contributed by atoms with Crippen molar-refractivity contribution in [3.8, 4) is 0 Å². The zero-order valence-electron chi connectivity index (χ0n) is 51.8. The van der Waals surface area contributed by atoms with Gasteiger partial charge in [0.1, 0.15) is 19.8 Å². The van der Waals surface area contributed by atoms with Gasteiger partial charge < -0.3 is 18.9 Å². The van der Waals surface area contributed by atoms with Gasteiger partial charge >= 0.3 is 19.8 Å². The molecule has 0 aromatic rings. The van der Waals surface area contributed by atoms with Crippen LogP contribution in [0.5, 0.6) is 0 Å². The van der Waals surface area contributed by atoms with Crippen LogP contribution in [-0.2, 0) is 32.7 Å². The second-order valence-electron chi connectivity index (χ2n) is 24.6. The SMILES string of the molecule is CCCCCCCCCCCCCCCCCCCCCCCCCCCCCCCC(=O)OC(COC(=O)CCCCCCCCCCCCCCCCCCCCCCCCC)COP(=O)(O)OCC[N+](C)(C)C. The minimum Gasteiger partial charge on any atom is -0.462 e. The van der Waals surface area contributed by atoms with Gasteiger partial charge in [0.2, 0.25) is 0 Å². The monoisotopic (exact) mass is 1100 g/mol. The summed E-state index contributed by atoms with van der Waals surface area (Å²) in [5.41, 5.74) is 0. The standard InChI is InChI=1S/C66H132NO8P/c1-6-8-10-12-14-16-18-20-22-24-26-28-30-31-32-33-34-35-37-39-41-43-45-47-49-51-53-55-57-59-66(69)75-64(63-74-76(70,71)73-61-60-67(3,4)5)62-72-65(68)58-56-54-52-50-48-46-44-42-40-38-36-29-27-25-23-21-19-17-15-13-11-9-7-2/h64H,6-63H2,1-5H3/p+1. The Balaban J connectivity index is 3.99. The van der Waals surface area contributed by atoms with Gasteiger partial charge in [0.25, 0.3) is 0 Å². The highest BCUT2D eigenvalue weighted by atomic mass is 31.2.